The molecule has 2 N–H and O–H groups in total. The second-order valence-electron chi connectivity index (χ2n) is 9.70. The molecule has 0 bridgehead atoms. The van der Waals surface area contributed by atoms with Crippen molar-refractivity contribution in [3.8, 4) is 0 Å². The summed E-state index contributed by atoms with van der Waals surface area (Å²) in [7, 11) is 0. The zero-order chi connectivity index (χ0) is 29.4. The summed E-state index contributed by atoms with van der Waals surface area (Å²) < 4.78 is 47.3. The number of halogens is 4. The predicted octanol–water partition coefficient (Wildman–Crippen LogP) is 5.43. The van der Waals surface area contributed by atoms with Gasteiger partial charge >= 0.3 is 12.1 Å². The molecule has 0 spiro atoms. The van der Waals surface area contributed by atoms with Gasteiger partial charge in [0.05, 0.1) is 17.6 Å². The Morgan fingerprint density at radius 1 is 0.902 bits per heavy atom. The molecular weight excluding hydrogens is 540 g/mol. The van der Waals surface area contributed by atoms with Gasteiger partial charge in [-0.05, 0) is 54.7 Å². The predicted molar refractivity (Wildman–Crippen MR) is 147 cm³/mol. The maximum Gasteiger partial charge on any atom is 0.490 e. The van der Waals surface area contributed by atoms with Crippen molar-refractivity contribution >= 4 is 28.9 Å². The fraction of sp³-hybridized carbons (Fsp3) is 0.300. The van der Waals surface area contributed by atoms with Gasteiger partial charge in [0.25, 0.3) is 0 Å². The highest BCUT2D eigenvalue weighted by Gasteiger charge is 2.38. The van der Waals surface area contributed by atoms with Crippen molar-refractivity contribution < 1.29 is 32.3 Å². The first-order valence-corrected chi connectivity index (χ1v) is 13.2. The molecule has 1 amide bonds. The van der Waals surface area contributed by atoms with Crippen molar-refractivity contribution in [1.82, 2.24) is 14.9 Å². The van der Waals surface area contributed by atoms with E-state index in [-0.39, 0.29) is 17.6 Å². The highest BCUT2D eigenvalue weighted by molar-refractivity contribution is 5.80. The lowest BCUT2D eigenvalue weighted by atomic mass is 9.96. The molecule has 1 fully saturated rings. The lowest BCUT2D eigenvalue weighted by Crippen LogP contribution is -2.42. The summed E-state index contributed by atoms with van der Waals surface area (Å²) in [5, 5.41) is 10.2. The number of carbonyl (C=O) groups excluding carboxylic acids is 1. The number of imidazole rings is 1. The number of anilines is 1. The first-order valence-electron chi connectivity index (χ1n) is 13.2. The van der Waals surface area contributed by atoms with Gasteiger partial charge in [0.1, 0.15) is 5.82 Å². The number of fused-ring (bicyclic) bond motifs is 1. The van der Waals surface area contributed by atoms with Gasteiger partial charge in [0.2, 0.25) is 11.9 Å². The van der Waals surface area contributed by atoms with Crippen LogP contribution in [0.4, 0.5) is 23.5 Å². The fourth-order valence-corrected chi connectivity index (χ4v) is 4.69. The normalized spacial score (nSPS) is 13.9. The minimum Gasteiger partial charge on any atom is -0.475 e. The standard InChI is InChI=1S/C28H29FN4O.C2HF3O2/c29-24-12-10-22(11-13-24)20-33-26-9-5-4-8-25(26)31-28(33)32-18-15-23(16-19-32)27(34)30-17-14-21-6-2-1-3-7-21;3-2(4,5)1(6)7/h1-13,23H,14-20H2,(H,30,34);(H,6,7). The van der Waals surface area contributed by atoms with Gasteiger partial charge < -0.3 is 19.9 Å². The number of amides is 1. The first kappa shape index (κ1) is 29.6. The molecule has 11 heteroatoms. The highest BCUT2D eigenvalue weighted by atomic mass is 19.4. The number of rotatable bonds is 7. The second kappa shape index (κ2) is 13.3. The molecule has 0 unspecified atom stereocenters. The first-order chi connectivity index (χ1) is 19.6. The number of aromatic nitrogens is 2. The summed E-state index contributed by atoms with van der Waals surface area (Å²) in [5.74, 6) is -1.90. The zero-order valence-electron chi connectivity index (χ0n) is 22.1. The van der Waals surface area contributed by atoms with Crippen LogP contribution in [-0.4, -0.2) is 52.3 Å². The molecular formula is C30H30F4N4O3. The molecule has 216 valence electrons. The number of aliphatic carboxylic acids is 1. The second-order valence-corrected chi connectivity index (χ2v) is 9.70. The quantitative estimate of drug-likeness (QED) is 0.290. The summed E-state index contributed by atoms with van der Waals surface area (Å²) in [6.45, 7) is 2.85. The van der Waals surface area contributed by atoms with Crippen molar-refractivity contribution in [2.75, 3.05) is 24.5 Å². The van der Waals surface area contributed by atoms with E-state index in [1.54, 1.807) is 0 Å². The Morgan fingerprint density at radius 3 is 2.15 bits per heavy atom. The summed E-state index contributed by atoms with van der Waals surface area (Å²) in [6.07, 6.45) is -2.63. The summed E-state index contributed by atoms with van der Waals surface area (Å²) in [4.78, 5) is 28.8. The van der Waals surface area contributed by atoms with Gasteiger partial charge in [-0.1, -0.05) is 54.6 Å². The number of carboxylic acid groups (broad SMARTS) is 1. The van der Waals surface area contributed by atoms with Crippen LogP contribution in [0, 0.1) is 11.7 Å². The van der Waals surface area contributed by atoms with E-state index in [1.807, 2.05) is 48.5 Å². The van der Waals surface area contributed by atoms with E-state index in [9.17, 15) is 22.4 Å². The Hall–Kier alpha value is -4.41. The molecule has 0 aliphatic carbocycles. The molecule has 0 radical (unpaired) electrons. The molecule has 4 aromatic rings. The Balaban J connectivity index is 0.000000493. The van der Waals surface area contributed by atoms with Crippen LogP contribution >= 0.6 is 0 Å². The number of para-hydroxylation sites is 2. The van der Waals surface area contributed by atoms with Crippen LogP contribution < -0.4 is 10.2 Å². The molecule has 2 heterocycles. The molecule has 1 aliphatic heterocycles. The van der Waals surface area contributed by atoms with Gasteiger partial charge in [-0.2, -0.15) is 13.2 Å². The lowest BCUT2D eigenvalue weighted by molar-refractivity contribution is -0.192. The minimum absolute atomic E-state index is 0.0296. The van der Waals surface area contributed by atoms with Gasteiger partial charge in [-0.25, -0.2) is 14.2 Å². The van der Waals surface area contributed by atoms with Crippen LogP contribution in [0.2, 0.25) is 0 Å². The number of benzene rings is 3. The number of alkyl halides is 3. The van der Waals surface area contributed by atoms with E-state index in [1.165, 1.54) is 17.7 Å². The van der Waals surface area contributed by atoms with Crippen LogP contribution in [0.15, 0.2) is 78.9 Å². The van der Waals surface area contributed by atoms with Crippen molar-refractivity contribution in [3.05, 3.63) is 95.8 Å². The van der Waals surface area contributed by atoms with Crippen LogP contribution in [0.5, 0.6) is 0 Å². The number of nitrogens with one attached hydrogen (secondary N) is 1. The van der Waals surface area contributed by atoms with Crippen molar-refractivity contribution in [2.24, 2.45) is 5.92 Å². The molecule has 1 aliphatic rings. The number of carboxylic acids is 1. The molecule has 5 rings (SSSR count). The van der Waals surface area contributed by atoms with Crippen LogP contribution in [-0.2, 0) is 22.6 Å². The maximum atomic E-state index is 13.4. The molecule has 41 heavy (non-hydrogen) atoms. The average molecular weight is 571 g/mol. The van der Waals surface area contributed by atoms with E-state index in [0.717, 1.165) is 54.9 Å². The number of hydrogen-bond donors (Lipinski definition) is 2. The Labute approximate surface area is 234 Å². The van der Waals surface area contributed by atoms with E-state index < -0.39 is 12.1 Å². The summed E-state index contributed by atoms with van der Waals surface area (Å²) >= 11 is 0. The van der Waals surface area contributed by atoms with Crippen LogP contribution in [0.1, 0.15) is 24.0 Å². The van der Waals surface area contributed by atoms with Gasteiger partial charge in [0, 0.05) is 25.6 Å². The third kappa shape index (κ3) is 8.06. The van der Waals surface area contributed by atoms with Crippen molar-refractivity contribution in [1.29, 1.82) is 0 Å². The highest BCUT2D eigenvalue weighted by Crippen LogP contribution is 2.28. The molecule has 0 atom stereocenters. The fourth-order valence-electron chi connectivity index (χ4n) is 4.69. The smallest absolute Gasteiger partial charge is 0.475 e. The Morgan fingerprint density at radius 2 is 1.51 bits per heavy atom. The Kier molecular flexibility index (Phi) is 9.59. The minimum atomic E-state index is -5.08. The van der Waals surface area contributed by atoms with Crippen molar-refractivity contribution in [2.45, 2.75) is 32.0 Å². The van der Waals surface area contributed by atoms with Crippen LogP contribution in [0.3, 0.4) is 0 Å². The largest absolute Gasteiger partial charge is 0.490 e. The number of piperidine rings is 1. The van der Waals surface area contributed by atoms with Crippen LogP contribution in [0.25, 0.3) is 11.0 Å². The van der Waals surface area contributed by atoms with E-state index in [4.69, 9.17) is 14.9 Å². The van der Waals surface area contributed by atoms with Gasteiger partial charge in [-0.3, -0.25) is 4.79 Å². The van der Waals surface area contributed by atoms with E-state index in [2.05, 4.69) is 33.0 Å². The molecule has 0 saturated carbocycles. The SMILES string of the molecule is O=C(NCCc1ccccc1)C1CCN(c2nc3ccccc3n2Cc2ccc(F)cc2)CC1.O=C(O)C(F)(F)F. The number of hydrogen-bond acceptors (Lipinski definition) is 4. The Bertz CT molecular complexity index is 1450. The van der Waals surface area contributed by atoms with E-state index in [0.29, 0.717) is 13.1 Å². The molecule has 7 nitrogen and oxygen atoms in total. The summed E-state index contributed by atoms with van der Waals surface area (Å²) in [5.41, 5.74) is 4.26. The van der Waals surface area contributed by atoms with Crippen molar-refractivity contribution in [3.63, 3.8) is 0 Å². The molecule has 3 aromatic carbocycles. The lowest BCUT2D eigenvalue weighted by Gasteiger charge is -2.32. The van der Waals surface area contributed by atoms with Gasteiger partial charge in [0.15, 0.2) is 0 Å². The average Bonchev–Trinajstić information content (AvgIpc) is 3.33. The monoisotopic (exact) mass is 570 g/mol. The molecule has 1 aromatic heterocycles. The third-order valence-corrected chi connectivity index (χ3v) is 6.84. The zero-order valence-corrected chi connectivity index (χ0v) is 22.1. The van der Waals surface area contributed by atoms with E-state index >= 15 is 0 Å². The maximum absolute atomic E-state index is 13.4. The van der Waals surface area contributed by atoms with Gasteiger partial charge in [-0.15, -0.1) is 0 Å². The molecule has 1 saturated heterocycles. The number of nitrogens with zero attached hydrogens (tertiary/aromatic N) is 3. The number of carbonyl (C=O) groups is 2. The third-order valence-electron chi connectivity index (χ3n) is 6.84. The topological polar surface area (TPSA) is 87.5 Å². The summed E-state index contributed by atoms with van der Waals surface area (Å²) in [6, 6.07) is 25.0.